The van der Waals surface area contributed by atoms with Gasteiger partial charge in [0.05, 0.1) is 0 Å². The summed E-state index contributed by atoms with van der Waals surface area (Å²) in [6.07, 6.45) is 5.10. The van der Waals surface area contributed by atoms with Crippen LogP contribution < -0.4 is 0 Å². The van der Waals surface area contributed by atoms with E-state index in [0.29, 0.717) is 11.3 Å². The van der Waals surface area contributed by atoms with Crippen molar-refractivity contribution >= 4 is 5.57 Å². The van der Waals surface area contributed by atoms with Crippen molar-refractivity contribution in [3.63, 3.8) is 0 Å². The van der Waals surface area contributed by atoms with Crippen LogP contribution in [0.25, 0.3) is 5.57 Å². The zero-order chi connectivity index (χ0) is 18.0. The average molecular weight is 333 g/mol. The molecular formula is C25H32. The van der Waals surface area contributed by atoms with Crippen molar-refractivity contribution in [1.82, 2.24) is 0 Å². The first-order valence-corrected chi connectivity index (χ1v) is 9.87. The molecule has 0 aromatic heterocycles. The van der Waals surface area contributed by atoms with Crippen LogP contribution in [-0.4, -0.2) is 0 Å². The van der Waals surface area contributed by atoms with Crippen molar-refractivity contribution in [2.75, 3.05) is 0 Å². The van der Waals surface area contributed by atoms with Crippen LogP contribution >= 0.6 is 0 Å². The molecule has 1 fully saturated rings. The van der Waals surface area contributed by atoms with E-state index in [4.69, 9.17) is 0 Å². The van der Waals surface area contributed by atoms with E-state index in [1.807, 2.05) is 0 Å². The SMILES string of the molecule is CCC1(CC)CC(=C(c2ccc(C)cc2)c2ccc(C(C)C)cc2)C1. The van der Waals surface area contributed by atoms with Gasteiger partial charge in [0.25, 0.3) is 0 Å². The normalized spacial score (nSPS) is 16.0. The second kappa shape index (κ2) is 7.20. The second-order valence-electron chi connectivity index (χ2n) is 8.18. The minimum absolute atomic E-state index is 0.545. The number of allylic oxidation sites excluding steroid dienone is 1. The van der Waals surface area contributed by atoms with Crippen LogP contribution in [0, 0.1) is 12.3 Å². The Bertz CT molecular complexity index is 728. The Kier molecular flexibility index (Phi) is 5.18. The summed E-state index contributed by atoms with van der Waals surface area (Å²) in [7, 11) is 0. The van der Waals surface area contributed by atoms with Crippen LogP contribution in [0.5, 0.6) is 0 Å². The number of hydrogen-bond acceptors (Lipinski definition) is 0. The van der Waals surface area contributed by atoms with Gasteiger partial charge in [-0.15, -0.1) is 0 Å². The first-order valence-electron chi connectivity index (χ1n) is 9.87. The van der Waals surface area contributed by atoms with E-state index in [2.05, 4.69) is 83.1 Å². The van der Waals surface area contributed by atoms with Gasteiger partial charge in [-0.05, 0) is 66.2 Å². The molecule has 0 spiro atoms. The van der Waals surface area contributed by atoms with Gasteiger partial charge in [-0.1, -0.05) is 87.4 Å². The molecule has 0 radical (unpaired) electrons. The smallest absolute Gasteiger partial charge is 0.0119 e. The van der Waals surface area contributed by atoms with Crippen LogP contribution in [0.4, 0.5) is 0 Å². The summed E-state index contributed by atoms with van der Waals surface area (Å²) >= 11 is 0. The van der Waals surface area contributed by atoms with Crippen molar-refractivity contribution in [3.05, 3.63) is 76.4 Å². The summed E-state index contributed by atoms with van der Waals surface area (Å²) in [5.74, 6) is 0.584. The summed E-state index contributed by atoms with van der Waals surface area (Å²) < 4.78 is 0. The number of benzene rings is 2. The molecule has 0 heterocycles. The summed E-state index contributed by atoms with van der Waals surface area (Å²) in [4.78, 5) is 0. The number of hydrogen-bond donors (Lipinski definition) is 0. The lowest BCUT2D eigenvalue weighted by molar-refractivity contribution is 0.188. The average Bonchev–Trinajstić information content (AvgIpc) is 2.59. The second-order valence-corrected chi connectivity index (χ2v) is 8.18. The monoisotopic (exact) mass is 332 g/mol. The number of aryl methyl sites for hydroxylation is 1. The van der Waals surface area contributed by atoms with Gasteiger partial charge in [0, 0.05) is 0 Å². The van der Waals surface area contributed by atoms with Gasteiger partial charge in [-0.3, -0.25) is 0 Å². The standard InChI is InChI=1S/C25H32/c1-6-25(7-2)16-23(17-25)24(21-10-8-19(5)9-11-21)22-14-12-20(13-15-22)18(3)4/h8-15,18H,6-7,16-17H2,1-5H3. The molecule has 0 bridgehead atoms. The van der Waals surface area contributed by atoms with Gasteiger partial charge in [0.2, 0.25) is 0 Å². The molecule has 0 unspecified atom stereocenters. The molecule has 2 aromatic rings. The van der Waals surface area contributed by atoms with Gasteiger partial charge >= 0.3 is 0 Å². The minimum Gasteiger partial charge on any atom is -0.0648 e. The summed E-state index contributed by atoms with van der Waals surface area (Å²) in [5, 5.41) is 0. The first kappa shape index (κ1) is 18.0. The molecule has 2 aromatic carbocycles. The molecule has 1 aliphatic rings. The maximum absolute atomic E-state index is 2.35. The lowest BCUT2D eigenvalue weighted by atomic mass is 9.60. The van der Waals surface area contributed by atoms with Crippen LogP contribution in [0.1, 0.15) is 81.5 Å². The summed E-state index contributed by atoms with van der Waals surface area (Å²) in [6, 6.07) is 18.3. The third-order valence-corrected chi connectivity index (χ3v) is 6.24. The van der Waals surface area contributed by atoms with Crippen LogP contribution in [-0.2, 0) is 0 Å². The topological polar surface area (TPSA) is 0 Å². The van der Waals surface area contributed by atoms with Crippen LogP contribution in [0.15, 0.2) is 54.1 Å². The highest BCUT2D eigenvalue weighted by atomic mass is 14.4. The van der Waals surface area contributed by atoms with Crippen LogP contribution in [0.2, 0.25) is 0 Å². The zero-order valence-corrected chi connectivity index (χ0v) is 16.5. The lowest BCUT2D eigenvalue weighted by Gasteiger charge is -2.44. The Morgan fingerprint density at radius 2 is 1.32 bits per heavy atom. The molecule has 0 atom stereocenters. The highest BCUT2D eigenvalue weighted by Gasteiger charge is 2.38. The van der Waals surface area contributed by atoms with Gasteiger partial charge in [-0.25, -0.2) is 0 Å². The fourth-order valence-electron chi connectivity index (χ4n) is 4.11. The molecular weight excluding hydrogens is 300 g/mol. The largest absolute Gasteiger partial charge is 0.0648 e. The van der Waals surface area contributed by atoms with Gasteiger partial charge < -0.3 is 0 Å². The fourth-order valence-corrected chi connectivity index (χ4v) is 4.11. The van der Waals surface area contributed by atoms with E-state index in [1.165, 1.54) is 53.5 Å². The zero-order valence-electron chi connectivity index (χ0n) is 16.5. The predicted octanol–water partition coefficient (Wildman–Crippen LogP) is 7.52. The molecule has 0 amide bonds. The van der Waals surface area contributed by atoms with Gasteiger partial charge in [0.15, 0.2) is 0 Å². The molecule has 1 aliphatic carbocycles. The van der Waals surface area contributed by atoms with E-state index in [-0.39, 0.29) is 0 Å². The van der Waals surface area contributed by atoms with Crippen molar-refractivity contribution in [1.29, 1.82) is 0 Å². The molecule has 25 heavy (non-hydrogen) atoms. The molecule has 0 aliphatic heterocycles. The van der Waals surface area contributed by atoms with E-state index in [1.54, 1.807) is 5.57 Å². The number of rotatable bonds is 5. The van der Waals surface area contributed by atoms with Crippen molar-refractivity contribution in [2.45, 2.75) is 66.2 Å². The molecule has 0 saturated heterocycles. The van der Waals surface area contributed by atoms with Crippen molar-refractivity contribution in [3.8, 4) is 0 Å². The predicted molar refractivity (Wildman–Crippen MR) is 110 cm³/mol. The quantitative estimate of drug-likeness (QED) is 0.531. The maximum Gasteiger partial charge on any atom is -0.0119 e. The lowest BCUT2D eigenvalue weighted by Crippen LogP contribution is -2.30. The Hall–Kier alpha value is -1.82. The van der Waals surface area contributed by atoms with Crippen molar-refractivity contribution in [2.24, 2.45) is 5.41 Å². The molecule has 1 saturated carbocycles. The maximum atomic E-state index is 2.35. The Labute approximate surface area is 154 Å². The van der Waals surface area contributed by atoms with E-state index < -0.39 is 0 Å². The fraction of sp³-hybridized carbons (Fsp3) is 0.440. The highest BCUT2D eigenvalue weighted by molar-refractivity contribution is 5.83. The van der Waals surface area contributed by atoms with E-state index >= 15 is 0 Å². The van der Waals surface area contributed by atoms with E-state index in [0.717, 1.165) is 0 Å². The van der Waals surface area contributed by atoms with E-state index in [9.17, 15) is 0 Å². The third-order valence-electron chi connectivity index (χ3n) is 6.24. The highest BCUT2D eigenvalue weighted by Crippen LogP contribution is 2.53. The molecule has 3 rings (SSSR count). The Morgan fingerprint density at radius 1 is 0.840 bits per heavy atom. The molecule has 132 valence electrons. The Balaban J connectivity index is 2.03. The molecule has 0 N–H and O–H groups in total. The first-order chi connectivity index (χ1) is 12.0. The van der Waals surface area contributed by atoms with Crippen LogP contribution in [0.3, 0.4) is 0 Å². The molecule has 0 heteroatoms. The Morgan fingerprint density at radius 3 is 1.76 bits per heavy atom. The van der Waals surface area contributed by atoms with Gasteiger partial charge in [0.1, 0.15) is 0 Å². The minimum atomic E-state index is 0.545. The summed E-state index contributed by atoms with van der Waals surface area (Å²) in [6.45, 7) is 11.4. The molecule has 0 nitrogen and oxygen atoms in total. The van der Waals surface area contributed by atoms with Gasteiger partial charge in [-0.2, -0.15) is 0 Å². The van der Waals surface area contributed by atoms with Crippen molar-refractivity contribution < 1.29 is 0 Å². The summed E-state index contributed by atoms with van der Waals surface area (Å²) in [5.41, 5.74) is 9.17. The third kappa shape index (κ3) is 3.59.